The number of piperidine rings is 1. The van der Waals surface area contributed by atoms with Crippen molar-refractivity contribution >= 4 is 5.91 Å². The van der Waals surface area contributed by atoms with Crippen molar-refractivity contribution in [3.8, 4) is 11.5 Å². The van der Waals surface area contributed by atoms with Crippen LogP contribution in [0, 0.1) is 5.92 Å². The molecule has 1 aliphatic rings. The van der Waals surface area contributed by atoms with Crippen molar-refractivity contribution in [3.05, 3.63) is 24.3 Å². The van der Waals surface area contributed by atoms with Gasteiger partial charge in [-0.3, -0.25) is 4.79 Å². The largest absolute Gasteiger partial charge is 0.497 e. The van der Waals surface area contributed by atoms with E-state index in [0.717, 1.165) is 24.6 Å². The molecule has 0 aliphatic carbocycles. The second-order valence-electron chi connectivity index (χ2n) is 6.86. The van der Waals surface area contributed by atoms with Crippen molar-refractivity contribution in [1.82, 2.24) is 10.2 Å². The molecule has 140 valence electrons. The summed E-state index contributed by atoms with van der Waals surface area (Å²) in [5.41, 5.74) is 0. The summed E-state index contributed by atoms with van der Waals surface area (Å²) in [6.45, 7) is 8.42. The highest BCUT2D eigenvalue weighted by atomic mass is 16.5. The van der Waals surface area contributed by atoms with Crippen LogP contribution in [0.3, 0.4) is 0 Å². The van der Waals surface area contributed by atoms with Crippen molar-refractivity contribution < 1.29 is 14.3 Å². The molecule has 2 rings (SSSR count). The highest BCUT2D eigenvalue weighted by Gasteiger charge is 2.18. The van der Waals surface area contributed by atoms with Gasteiger partial charge in [0.2, 0.25) is 0 Å². The average molecular weight is 348 g/mol. The van der Waals surface area contributed by atoms with E-state index >= 15 is 0 Å². The molecule has 1 aromatic carbocycles. The Morgan fingerprint density at radius 1 is 1.24 bits per heavy atom. The van der Waals surface area contributed by atoms with Crippen molar-refractivity contribution in [2.75, 3.05) is 33.3 Å². The number of hydrogen-bond acceptors (Lipinski definition) is 4. The number of methoxy groups -OCH3 is 1. The quantitative estimate of drug-likeness (QED) is 0.697. The number of ether oxygens (including phenoxy) is 2. The lowest BCUT2D eigenvalue weighted by atomic mass is 9.99. The standard InChI is InChI=1S/C20H32N2O3/c1-4-19(25-18-8-6-17(24-3)7-9-18)20(23)21-12-5-13-22-14-10-16(2)11-15-22/h6-9,16,19H,4-5,10-15H2,1-3H3,(H,21,23). The minimum absolute atomic E-state index is 0.0365. The van der Waals surface area contributed by atoms with Gasteiger partial charge >= 0.3 is 0 Å². The Morgan fingerprint density at radius 3 is 2.48 bits per heavy atom. The average Bonchev–Trinajstić information content (AvgIpc) is 2.65. The van der Waals surface area contributed by atoms with E-state index in [2.05, 4.69) is 17.1 Å². The highest BCUT2D eigenvalue weighted by Crippen LogP contribution is 2.19. The number of likely N-dealkylation sites (tertiary alicyclic amines) is 1. The van der Waals surface area contributed by atoms with E-state index in [-0.39, 0.29) is 5.91 Å². The maximum atomic E-state index is 12.3. The molecular formula is C20H32N2O3. The number of hydrogen-bond donors (Lipinski definition) is 1. The Kier molecular flexibility index (Phi) is 8.06. The topological polar surface area (TPSA) is 50.8 Å². The van der Waals surface area contributed by atoms with Gasteiger partial charge in [0.25, 0.3) is 5.91 Å². The number of amides is 1. The van der Waals surface area contributed by atoms with Gasteiger partial charge in [-0.15, -0.1) is 0 Å². The van der Waals surface area contributed by atoms with Crippen LogP contribution in [0.5, 0.6) is 11.5 Å². The van der Waals surface area contributed by atoms with E-state index in [1.807, 2.05) is 31.2 Å². The van der Waals surface area contributed by atoms with E-state index in [0.29, 0.717) is 18.7 Å². The second kappa shape index (κ2) is 10.3. The van der Waals surface area contributed by atoms with Gasteiger partial charge in [-0.25, -0.2) is 0 Å². The molecule has 0 saturated carbocycles. The molecule has 25 heavy (non-hydrogen) atoms. The van der Waals surface area contributed by atoms with E-state index in [4.69, 9.17) is 9.47 Å². The summed E-state index contributed by atoms with van der Waals surface area (Å²) < 4.78 is 10.9. The normalized spacial score (nSPS) is 17.1. The number of carbonyl (C=O) groups is 1. The summed E-state index contributed by atoms with van der Waals surface area (Å²) in [7, 11) is 1.63. The molecule has 1 atom stereocenters. The van der Waals surface area contributed by atoms with Crippen LogP contribution < -0.4 is 14.8 Å². The zero-order valence-electron chi connectivity index (χ0n) is 15.8. The SMILES string of the molecule is CCC(Oc1ccc(OC)cc1)C(=O)NCCCN1CCC(C)CC1. The number of carbonyl (C=O) groups excluding carboxylic acids is 1. The van der Waals surface area contributed by atoms with Crippen molar-refractivity contribution in [2.24, 2.45) is 5.92 Å². The van der Waals surface area contributed by atoms with Crippen LogP contribution in [0.1, 0.15) is 39.5 Å². The Morgan fingerprint density at radius 2 is 1.88 bits per heavy atom. The van der Waals surface area contributed by atoms with Crippen LogP contribution in [0.25, 0.3) is 0 Å². The molecule has 1 amide bonds. The zero-order chi connectivity index (χ0) is 18.1. The molecular weight excluding hydrogens is 316 g/mol. The molecule has 0 aromatic heterocycles. The molecule has 1 aromatic rings. The highest BCUT2D eigenvalue weighted by molar-refractivity contribution is 5.81. The summed E-state index contributed by atoms with van der Waals surface area (Å²) in [4.78, 5) is 14.8. The Balaban J connectivity index is 1.68. The summed E-state index contributed by atoms with van der Waals surface area (Å²) in [6.07, 6.45) is 3.75. The number of nitrogens with one attached hydrogen (secondary N) is 1. The first-order valence-electron chi connectivity index (χ1n) is 9.43. The van der Waals surface area contributed by atoms with Gasteiger partial charge in [0.1, 0.15) is 11.5 Å². The fourth-order valence-corrected chi connectivity index (χ4v) is 3.05. The van der Waals surface area contributed by atoms with E-state index in [9.17, 15) is 4.79 Å². The fraction of sp³-hybridized carbons (Fsp3) is 0.650. The van der Waals surface area contributed by atoms with Gasteiger partial charge < -0.3 is 19.7 Å². The number of nitrogens with zero attached hydrogens (tertiary/aromatic N) is 1. The second-order valence-corrected chi connectivity index (χ2v) is 6.86. The third kappa shape index (κ3) is 6.58. The van der Waals surface area contributed by atoms with E-state index in [1.54, 1.807) is 7.11 Å². The number of rotatable bonds is 9. The van der Waals surface area contributed by atoms with Crippen molar-refractivity contribution in [3.63, 3.8) is 0 Å². The molecule has 1 saturated heterocycles. The first-order valence-corrected chi connectivity index (χ1v) is 9.43. The summed E-state index contributed by atoms with van der Waals surface area (Å²) in [6, 6.07) is 7.32. The predicted molar refractivity (Wildman–Crippen MR) is 100 cm³/mol. The molecule has 5 heteroatoms. The molecule has 1 unspecified atom stereocenters. The van der Waals surface area contributed by atoms with Gasteiger partial charge in [-0.05, 0) is 75.5 Å². The smallest absolute Gasteiger partial charge is 0.261 e. The van der Waals surface area contributed by atoms with Gasteiger partial charge in [0.15, 0.2) is 6.10 Å². The van der Waals surface area contributed by atoms with Crippen LogP contribution in [0.15, 0.2) is 24.3 Å². The van der Waals surface area contributed by atoms with Crippen LogP contribution in [-0.4, -0.2) is 50.2 Å². The molecule has 1 heterocycles. The van der Waals surface area contributed by atoms with Gasteiger partial charge in [-0.2, -0.15) is 0 Å². The maximum Gasteiger partial charge on any atom is 0.261 e. The van der Waals surface area contributed by atoms with Crippen LogP contribution >= 0.6 is 0 Å². The fourth-order valence-electron chi connectivity index (χ4n) is 3.05. The molecule has 1 aliphatic heterocycles. The first kappa shape index (κ1) is 19.6. The van der Waals surface area contributed by atoms with E-state index < -0.39 is 6.10 Å². The molecule has 0 radical (unpaired) electrons. The van der Waals surface area contributed by atoms with Gasteiger partial charge in [-0.1, -0.05) is 13.8 Å². The van der Waals surface area contributed by atoms with Gasteiger partial charge in [0, 0.05) is 6.54 Å². The van der Waals surface area contributed by atoms with Crippen molar-refractivity contribution in [2.45, 2.75) is 45.6 Å². The molecule has 0 bridgehead atoms. The van der Waals surface area contributed by atoms with Gasteiger partial charge in [0.05, 0.1) is 7.11 Å². The molecule has 0 spiro atoms. The monoisotopic (exact) mass is 348 g/mol. The van der Waals surface area contributed by atoms with Crippen LogP contribution in [0.4, 0.5) is 0 Å². The van der Waals surface area contributed by atoms with E-state index in [1.165, 1.54) is 25.9 Å². The molecule has 1 fully saturated rings. The Bertz CT molecular complexity index is 510. The zero-order valence-corrected chi connectivity index (χ0v) is 15.8. The first-order chi connectivity index (χ1) is 12.1. The number of benzene rings is 1. The predicted octanol–water partition coefficient (Wildman–Crippen LogP) is 3.09. The van der Waals surface area contributed by atoms with Crippen LogP contribution in [0.2, 0.25) is 0 Å². The van der Waals surface area contributed by atoms with Crippen molar-refractivity contribution in [1.29, 1.82) is 0 Å². The Hall–Kier alpha value is -1.75. The molecule has 5 nitrogen and oxygen atoms in total. The maximum absolute atomic E-state index is 12.3. The molecule has 1 N–H and O–H groups in total. The summed E-state index contributed by atoms with van der Waals surface area (Å²) in [5.74, 6) is 2.28. The minimum atomic E-state index is -0.454. The van der Waals surface area contributed by atoms with Crippen LogP contribution in [-0.2, 0) is 4.79 Å². The lowest BCUT2D eigenvalue weighted by Crippen LogP contribution is -2.40. The minimum Gasteiger partial charge on any atom is -0.497 e. The third-order valence-electron chi connectivity index (χ3n) is 4.83. The summed E-state index contributed by atoms with van der Waals surface area (Å²) >= 11 is 0. The Labute approximate surface area is 151 Å². The summed E-state index contributed by atoms with van der Waals surface area (Å²) in [5, 5.41) is 3.01. The lowest BCUT2D eigenvalue weighted by Gasteiger charge is -2.30. The lowest BCUT2D eigenvalue weighted by molar-refractivity contribution is -0.128. The third-order valence-corrected chi connectivity index (χ3v) is 4.83.